The van der Waals surface area contributed by atoms with Gasteiger partial charge in [0.05, 0.1) is 39.6 Å². The van der Waals surface area contributed by atoms with Crippen LogP contribution >= 0.6 is 0 Å². The highest BCUT2D eigenvalue weighted by atomic mass is 16.6. The van der Waals surface area contributed by atoms with Gasteiger partial charge < -0.3 is 33.9 Å². The van der Waals surface area contributed by atoms with E-state index >= 15 is 0 Å². The Balaban J connectivity index is 1.46. The minimum Gasteiger partial charge on any atom is -0.504 e. The molecule has 0 spiro atoms. The van der Waals surface area contributed by atoms with Crippen molar-refractivity contribution in [1.29, 1.82) is 0 Å². The summed E-state index contributed by atoms with van der Waals surface area (Å²) in [6.07, 6.45) is 0.828. The van der Waals surface area contributed by atoms with Gasteiger partial charge in [-0.25, -0.2) is 0 Å². The van der Waals surface area contributed by atoms with Gasteiger partial charge in [-0.15, -0.1) is 0 Å². The second-order valence-electron chi connectivity index (χ2n) is 9.51. The lowest BCUT2D eigenvalue weighted by atomic mass is 9.94. The first-order valence-corrected chi connectivity index (χ1v) is 13.2. The van der Waals surface area contributed by atoms with Crippen molar-refractivity contribution < 1.29 is 33.9 Å². The summed E-state index contributed by atoms with van der Waals surface area (Å²) < 4.78 is 28.9. The van der Waals surface area contributed by atoms with E-state index in [0.717, 1.165) is 27.1 Å². The van der Waals surface area contributed by atoms with Crippen LogP contribution < -0.4 is 9.47 Å². The summed E-state index contributed by atoms with van der Waals surface area (Å²) >= 11 is 0. The molecular weight excluding hydrogens is 496 g/mol. The highest BCUT2D eigenvalue weighted by Gasteiger charge is 2.18. The Labute approximate surface area is 228 Å². The fourth-order valence-corrected chi connectivity index (χ4v) is 4.83. The lowest BCUT2D eigenvalue weighted by Gasteiger charge is -2.18. The van der Waals surface area contributed by atoms with E-state index < -0.39 is 0 Å². The molecule has 0 amide bonds. The molecule has 0 saturated carbocycles. The number of phenolic OH excluding ortho intramolecular Hbond substituents is 2. The van der Waals surface area contributed by atoms with Crippen molar-refractivity contribution in [1.82, 2.24) is 0 Å². The first-order chi connectivity index (χ1) is 19.1. The predicted octanol–water partition coefficient (Wildman–Crippen LogP) is 5.57. The predicted molar refractivity (Wildman–Crippen MR) is 151 cm³/mol. The van der Waals surface area contributed by atoms with E-state index in [4.69, 9.17) is 23.7 Å². The van der Waals surface area contributed by atoms with Crippen molar-refractivity contribution in [2.45, 2.75) is 12.8 Å². The van der Waals surface area contributed by atoms with Crippen molar-refractivity contribution in [3.63, 3.8) is 0 Å². The lowest BCUT2D eigenvalue weighted by Crippen LogP contribution is -2.14. The number of rotatable bonds is 0. The zero-order valence-electron chi connectivity index (χ0n) is 22.0. The third-order valence-electron chi connectivity index (χ3n) is 6.68. The first-order valence-electron chi connectivity index (χ1n) is 13.2. The third-order valence-corrected chi connectivity index (χ3v) is 6.68. The summed E-state index contributed by atoms with van der Waals surface area (Å²) in [6.45, 7) is 7.34. The van der Waals surface area contributed by atoms with E-state index in [-0.39, 0.29) is 11.5 Å². The van der Waals surface area contributed by atoms with Crippen molar-refractivity contribution in [3.05, 3.63) is 83.9 Å². The van der Waals surface area contributed by atoms with Crippen LogP contribution in [0.3, 0.4) is 0 Å². The smallest absolute Gasteiger partial charge is 0.169 e. The molecule has 39 heavy (non-hydrogen) atoms. The van der Waals surface area contributed by atoms with Crippen LogP contribution in [0.15, 0.2) is 72.8 Å². The van der Waals surface area contributed by atoms with Crippen LogP contribution in [0.4, 0.5) is 0 Å². The molecule has 0 aromatic heterocycles. The Hall–Kier alpha value is -3.78. The lowest BCUT2D eigenvalue weighted by molar-refractivity contribution is 0.00492. The molecule has 0 radical (unpaired) electrons. The zero-order valence-corrected chi connectivity index (χ0v) is 22.0. The highest BCUT2D eigenvalue weighted by Crippen LogP contribution is 2.41. The average Bonchev–Trinajstić information content (AvgIpc) is 2.94. The molecule has 1 aliphatic rings. The summed E-state index contributed by atoms with van der Waals surface area (Å²) in [4.78, 5) is 0. The molecule has 4 bridgehead atoms. The van der Waals surface area contributed by atoms with Crippen LogP contribution in [0.25, 0.3) is 21.5 Å². The fraction of sp³-hybridized carbons (Fsp3) is 0.312. The van der Waals surface area contributed by atoms with Crippen LogP contribution in [0.1, 0.15) is 11.1 Å². The van der Waals surface area contributed by atoms with Gasteiger partial charge in [-0.3, -0.25) is 0 Å². The maximum Gasteiger partial charge on any atom is 0.169 e. The molecular formula is C32H34O7. The molecule has 4 aromatic rings. The number of phenols is 2. The number of benzene rings is 4. The average molecular weight is 531 g/mol. The number of ether oxygens (including phenoxy) is 5. The number of fused-ring (bicyclic) bond motifs is 8. The van der Waals surface area contributed by atoms with E-state index in [1.165, 1.54) is 0 Å². The molecule has 7 nitrogen and oxygen atoms in total. The normalized spacial score (nSPS) is 16.6. The molecule has 204 valence electrons. The molecule has 2 N–H and O–H groups in total. The SMILES string of the molecule is C=C1Cc2cc3ccccc3c(c2O)OCCOCCOCCOCCOc2c(O)c(cc3ccccc23)C1. The van der Waals surface area contributed by atoms with Gasteiger partial charge in [0, 0.05) is 21.9 Å². The topological polar surface area (TPSA) is 86.6 Å². The van der Waals surface area contributed by atoms with Crippen molar-refractivity contribution in [2.75, 3.05) is 52.9 Å². The van der Waals surface area contributed by atoms with Gasteiger partial charge in [-0.05, 0) is 35.7 Å². The van der Waals surface area contributed by atoms with Crippen molar-refractivity contribution >= 4 is 21.5 Å². The van der Waals surface area contributed by atoms with E-state index in [2.05, 4.69) is 6.58 Å². The van der Waals surface area contributed by atoms with Gasteiger partial charge in [-0.2, -0.15) is 0 Å². The van der Waals surface area contributed by atoms with Crippen LogP contribution in [-0.4, -0.2) is 63.1 Å². The molecule has 5 rings (SSSR count). The van der Waals surface area contributed by atoms with Crippen LogP contribution in [-0.2, 0) is 27.1 Å². The highest BCUT2D eigenvalue weighted by molar-refractivity contribution is 5.93. The number of allylic oxidation sites excluding steroid dienone is 1. The Morgan fingerprint density at radius 3 is 1.36 bits per heavy atom. The second kappa shape index (κ2) is 12.8. The number of hydrogen-bond acceptors (Lipinski definition) is 7. The van der Waals surface area contributed by atoms with Gasteiger partial charge >= 0.3 is 0 Å². The summed E-state index contributed by atoms with van der Waals surface area (Å²) in [7, 11) is 0. The molecule has 0 atom stereocenters. The molecule has 7 heteroatoms. The maximum atomic E-state index is 11.2. The van der Waals surface area contributed by atoms with E-state index in [1.807, 2.05) is 60.7 Å². The zero-order chi connectivity index (χ0) is 27.0. The molecule has 0 unspecified atom stereocenters. The number of hydrogen-bond donors (Lipinski definition) is 2. The molecule has 0 fully saturated rings. The van der Waals surface area contributed by atoms with Gasteiger partial charge in [-0.1, -0.05) is 60.7 Å². The Morgan fingerprint density at radius 2 is 0.923 bits per heavy atom. The van der Waals surface area contributed by atoms with Crippen LogP contribution in [0, 0.1) is 0 Å². The fourth-order valence-electron chi connectivity index (χ4n) is 4.83. The minimum absolute atomic E-state index is 0.0899. The summed E-state index contributed by atoms with van der Waals surface area (Å²) in [5.41, 5.74) is 2.25. The molecule has 0 saturated heterocycles. The van der Waals surface area contributed by atoms with Crippen molar-refractivity contribution in [3.8, 4) is 23.0 Å². The Bertz CT molecular complexity index is 1340. The summed E-state index contributed by atoms with van der Waals surface area (Å²) in [5, 5.41) is 26.0. The van der Waals surface area contributed by atoms with Gasteiger partial charge in [0.1, 0.15) is 13.2 Å². The summed E-state index contributed by atoms with van der Waals surface area (Å²) in [5.74, 6) is 1.04. The minimum atomic E-state index is 0.0899. The monoisotopic (exact) mass is 530 g/mol. The Kier molecular flexibility index (Phi) is 8.83. The van der Waals surface area contributed by atoms with Gasteiger partial charge in [0.2, 0.25) is 0 Å². The standard InChI is InChI=1S/C32H34O7/c1-22-18-25-20-23-6-2-4-8-27(23)31(29(25)33)38-16-14-36-12-10-35-11-13-37-15-17-39-32-28-9-5-3-7-24(28)21-26(19-22)30(32)34/h2-9,20-21,33-34H,1,10-19H2. The molecule has 4 aromatic carbocycles. The third kappa shape index (κ3) is 6.45. The largest absolute Gasteiger partial charge is 0.504 e. The summed E-state index contributed by atoms with van der Waals surface area (Å²) in [6, 6.07) is 19.5. The molecule has 1 aliphatic heterocycles. The first kappa shape index (κ1) is 26.8. The van der Waals surface area contributed by atoms with Crippen molar-refractivity contribution in [2.24, 2.45) is 0 Å². The van der Waals surface area contributed by atoms with E-state index in [9.17, 15) is 10.2 Å². The molecule has 0 aliphatic carbocycles. The molecule has 1 heterocycles. The Morgan fingerprint density at radius 1 is 0.538 bits per heavy atom. The van der Waals surface area contributed by atoms with Gasteiger partial charge in [0.15, 0.2) is 23.0 Å². The quantitative estimate of drug-likeness (QED) is 0.288. The number of aromatic hydroxyl groups is 2. The second-order valence-corrected chi connectivity index (χ2v) is 9.51. The van der Waals surface area contributed by atoms with Crippen LogP contribution in [0.2, 0.25) is 0 Å². The van der Waals surface area contributed by atoms with E-state index in [0.29, 0.717) is 88.3 Å². The maximum absolute atomic E-state index is 11.2. The van der Waals surface area contributed by atoms with Gasteiger partial charge in [0.25, 0.3) is 0 Å². The van der Waals surface area contributed by atoms with Crippen LogP contribution in [0.5, 0.6) is 23.0 Å². The van der Waals surface area contributed by atoms with E-state index in [1.54, 1.807) is 0 Å².